The van der Waals surface area contributed by atoms with Crippen LogP contribution in [0.2, 0.25) is 0 Å². The minimum Gasteiger partial charge on any atom is -0.375 e. The summed E-state index contributed by atoms with van der Waals surface area (Å²) in [4.78, 5) is 0. The Hall–Kier alpha value is -0.160. The van der Waals surface area contributed by atoms with Crippen LogP contribution in [0.1, 0.15) is 39.5 Å². The van der Waals surface area contributed by atoms with Crippen molar-refractivity contribution in [2.24, 2.45) is 5.73 Å². The summed E-state index contributed by atoms with van der Waals surface area (Å²) in [5, 5.41) is 0. The average molecular weight is 243 g/mol. The van der Waals surface area contributed by atoms with Gasteiger partial charge in [0.15, 0.2) is 0 Å². The summed E-state index contributed by atoms with van der Waals surface area (Å²) in [6.07, 6.45) is 5.59. The largest absolute Gasteiger partial charge is 0.375 e. The molecule has 4 unspecified atom stereocenters. The molecule has 2 saturated heterocycles. The maximum atomic E-state index is 5.95. The highest BCUT2D eigenvalue weighted by molar-refractivity contribution is 4.77. The smallest absolute Gasteiger partial charge is 0.0814 e. The molecule has 4 nitrogen and oxygen atoms in total. The Bertz CT molecular complexity index is 227. The van der Waals surface area contributed by atoms with Crippen LogP contribution in [0.15, 0.2) is 0 Å². The van der Waals surface area contributed by atoms with Crippen LogP contribution in [0.3, 0.4) is 0 Å². The fourth-order valence-corrected chi connectivity index (χ4v) is 2.80. The SMILES string of the molecule is CC1CC(OCC2CCC(CN)O2)CC(C)O1. The third-order valence-corrected chi connectivity index (χ3v) is 3.63. The van der Waals surface area contributed by atoms with Crippen molar-refractivity contribution in [3.63, 3.8) is 0 Å². The molecule has 0 aliphatic carbocycles. The Balaban J connectivity index is 1.68. The standard InChI is InChI=1S/C13H25NO3/c1-9-5-13(6-10(2)16-9)15-8-12-4-3-11(7-14)17-12/h9-13H,3-8,14H2,1-2H3. The van der Waals surface area contributed by atoms with Gasteiger partial charge in [-0.2, -0.15) is 0 Å². The van der Waals surface area contributed by atoms with Crippen molar-refractivity contribution in [2.75, 3.05) is 13.2 Å². The van der Waals surface area contributed by atoms with Crippen molar-refractivity contribution in [3.05, 3.63) is 0 Å². The molecule has 2 rings (SSSR count). The maximum Gasteiger partial charge on any atom is 0.0814 e. The summed E-state index contributed by atoms with van der Waals surface area (Å²) in [5.74, 6) is 0. The van der Waals surface area contributed by atoms with Gasteiger partial charge in [-0.3, -0.25) is 0 Å². The third-order valence-electron chi connectivity index (χ3n) is 3.63. The first-order chi connectivity index (χ1) is 8.17. The quantitative estimate of drug-likeness (QED) is 0.812. The van der Waals surface area contributed by atoms with E-state index in [2.05, 4.69) is 13.8 Å². The van der Waals surface area contributed by atoms with Gasteiger partial charge in [-0.1, -0.05) is 0 Å². The summed E-state index contributed by atoms with van der Waals surface area (Å²) >= 11 is 0. The molecule has 2 fully saturated rings. The van der Waals surface area contributed by atoms with Gasteiger partial charge in [0, 0.05) is 6.54 Å². The number of ether oxygens (including phenoxy) is 3. The first-order valence-electron chi connectivity index (χ1n) is 6.80. The van der Waals surface area contributed by atoms with Gasteiger partial charge in [-0.05, 0) is 39.5 Å². The van der Waals surface area contributed by atoms with Crippen molar-refractivity contribution in [3.8, 4) is 0 Å². The predicted octanol–water partition coefficient (Wildman–Crippen LogP) is 1.47. The number of rotatable bonds is 4. The second-order valence-electron chi connectivity index (χ2n) is 5.38. The number of hydrogen-bond acceptors (Lipinski definition) is 4. The van der Waals surface area contributed by atoms with E-state index < -0.39 is 0 Å². The van der Waals surface area contributed by atoms with E-state index in [1.54, 1.807) is 0 Å². The average Bonchev–Trinajstić information content (AvgIpc) is 2.73. The fourth-order valence-electron chi connectivity index (χ4n) is 2.80. The lowest BCUT2D eigenvalue weighted by Gasteiger charge is -2.32. The normalized spacial score (nSPS) is 42.9. The molecule has 2 N–H and O–H groups in total. The van der Waals surface area contributed by atoms with Crippen LogP contribution < -0.4 is 5.73 Å². The Labute approximate surface area is 104 Å². The summed E-state index contributed by atoms with van der Waals surface area (Å²) < 4.78 is 17.4. The van der Waals surface area contributed by atoms with Gasteiger partial charge in [-0.25, -0.2) is 0 Å². The number of nitrogens with two attached hydrogens (primary N) is 1. The van der Waals surface area contributed by atoms with Crippen LogP contribution in [0.5, 0.6) is 0 Å². The Morgan fingerprint density at radius 3 is 2.29 bits per heavy atom. The Morgan fingerprint density at radius 2 is 1.71 bits per heavy atom. The Kier molecular flexibility index (Phi) is 4.79. The van der Waals surface area contributed by atoms with Crippen LogP contribution in [0.25, 0.3) is 0 Å². The summed E-state index contributed by atoms with van der Waals surface area (Å²) in [6.45, 7) is 5.56. The van der Waals surface area contributed by atoms with E-state index in [0.717, 1.165) is 25.7 Å². The molecule has 0 aromatic heterocycles. The molecular weight excluding hydrogens is 218 g/mol. The monoisotopic (exact) mass is 243 g/mol. The highest BCUT2D eigenvalue weighted by Crippen LogP contribution is 2.24. The van der Waals surface area contributed by atoms with E-state index in [9.17, 15) is 0 Å². The van der Waals surface area contributed by atoms with E-state index >= 15 is 0 Å². The predicted molar refractivity (Wildman–Crippen MR) is 65.9 cm³/mol. The second kappa shape index (κ2) is 6.14. The highest BCUT2D eigenvalue weighted by Gasteiger charge is 2.28. The van der Waals surface area contributed by atoms with Crippen LogP contribution in [0, 0.1) is 0 Å². The highest BCUT2D eigenvalue weighted by atomic mass is 16.6. The molecule has 0 aromatic rings. The zero-order valence-electron chi connectivity index (χ0n) is 10.9. The molecule has 0 spiro atoms. The summed E-state index contributed by atoms with van der Waals surface area (Å²) in [6, 6.07) is 0. The van der Waals surface area contributed by atoms with Crippen molar-refractivity contribution in [2.45, 2.75) is 70.1 Å². The zero-order chi connectivity index (χ0) is 12.3. The molecule has 0 saturated carbocycles. The van der Waals surface area contributed by atoms with Crippen molar-refractivity contribution < 1.29 is 14.2 Å². The van der Waals surface area contributed by atoms with Crippen LogP contribution >= 0.6 is 0 Å². The number of hydrogen-bond donors (Lipinski definition) is 1. The molecule has 2 aliphatic heterocycles. The lowest BCUT2D eigenvalue weighted by molar-refractivity contribution is -0.118. The van der Waals surface area contributed by atoms with Gasteiger partial charge in [0.05, 0.1) is 37.1 Å². The minimum atomic E-state index is 0.246. The minimum absolute atomic E-state index is 0.246. The molecule has 100 valence electrons. The molecule has 17 heavy (non-hydrogen) atoms. The molecular formula is C13H25NO3. The van der Waals surface area contributed by atoms with Gasteiger partial charge in [0.25, 0.3) is 0 Å². The maximum absolute atomic E-state index is 5.95. The van der Waals surface area contributed by atoms with E-state index in [0.29, 0.717) is 31.5 Å². The van der Waals surface area contributed by atoms with E-state index in [1.807, 2.05) is 0 Å². The molecule has 0 radical (unpaired) electrons. The second-order valence-corrected chi connectivity index (χ2v) is 5.38. The fraction of sp³-hybridized carbons (Fsp3) is 1.00. The molecule has 4 heteroatoms. The Morgan fingerprint density at radius 1 is 1.06 bits per heavy atom. The van der Waals surface area contributed by atoms with Gasteiger partial charge >= 0.3 is 0 Å². The summed E-state index contributed by atoms with van der Waals surface area (Å²) in [5.41, 5.74) is 5.59. The molecule has 2 heterocycles. The van der Waals surface area contributed by atoms with Gasteiger partial charge in [-0.15, -0.1) is 0 Å². The zero-order valence-corrected chi connectivity index (χ0v) is 10.9. The first kappa shape index (κ1) is 13.3. The van der Waals surface area contributed by atoms with Crippen molar-refractivity contribution in [1.82, 2.24) is 0 Å². The van der Waals surface area contributed by atoms with Gasteiger partial charge in [0.1, 0.15) is 0 Å². The molecule has 0 amide bonds. The molecule has 4 atom stereocenters. The molecule has 2 aliphatic rings. The van der Waals surface area contributed by atoms with Crippen LogP contribution in [-0.2, 0) is 14.2 Å². The first-order valence-corrected chi connectivity index (χ1v) is 6.80. The summed E-state index contributed by atoms with van der Waals surface area (Å²) in [7, 11) is 0. The van der Waals surface area contributed by atoms with Crippen molar-refractivity contribution in [1.29, 1.82) is 0 Å². The lowest BCUT2D eigenvalue weighted by atomic mass is 10.0. The van der Waals surface area contributed by atoms with E-state index in [1.165, 1.54) is 0 Å². The van der Waals surface area contributed by atoms with Crippen LogP contribution in [-0.4, -0.2) is 43.7 Å². The van der Waals surface area contributed by atoms with E-state index in [-0.39, 0.29) is 12.2 Å². The van der Waals surface area contributed by atoms with Crippen LogP contribution in [0.4, 0.5) is 0 Å². The van der Waals surface area contributed by atoms with E-state index in [4.69, 9.17) is 19.9 Å². The topological polar surface area (TPSA) is 53.7 Å². The lowest BCUT2D eigenvalue weighted by Crippen LogP contribution is -2.35. The van der Waals surface area contributed by atoms with Crippen molar-refractivity contribution >= 4 is 0 Å². The molecule has 0 aromatic carbocycles. The van der Waals surface area contributed by atoms with Gasteiger partial charge < -0.3 is 19.9 Å². The third kappa shape index (κ3) is 3.91. The molecule has 0 bridgehead atoms. The van der Waals surface area contributed by atoms with Gasteiger partial charge in [0.2, 0.25) is 0 Å².